The summed E-state index contributed by atoms with van der Waals surface area (Å²) in [4.78, 5) is 37.0. The first-order chi connectivity index (χ1) is 14.5. The van der Waals surface area contributed by atoms with Gasteiger partial charge in [0.25, 0.3) is 11.8 Å². The Labute approximate surface area is 182 Å². The van der Waals surface area contributed by atoms with Crippen molar-refractivity contribution in [2.45, 2.75) is 4.90 Å². The number of thioether (sulfide) groups is 1. The summed E-state index contributed by atoms with van der Waals surface area (Å²) in [5, 5.41) is 4.60. The Bertz CT molecular complexity index is 1100. The molecule has 0 atom stereocenters. The molecular weight excluding hydrogens is 426 g/mol. The van der Waals surface area contributed by atoms with Crippen LogP contribution in [-0.4, -0.2) is 37.3 Å². The van der Waals surface area contributed by atoms with Crippen molar-refractivity contribution >= 4 is 51.9 Å². The second-order valence-electron chi connectivity index (χ2n) is 6.12. The molecule has 1 N–H and O–H groups in total. The summed E-state index contributed by atoms with van der Waals surface area (Å²) in [6.07, 6.45) is 0. The van der Waals surface area contributed by atoms with E-state index in [1.54, 1.807) is 24.3 Å². The number of rotatable bonds is 7. The molecule has 154 valence electrons. The standard InChI is InChI=1S/C22H18ClNO5S/c1-28-17-10-3-2-8-15(17)22(27)24-19(25)12-29-20(26)13-30-18-11-5-7-14-6-4-9-16(23)21(14)18/h2-11H,12-13H2,1H3,(H,24,25,27). The van der Waals surface area contributed by atoms with Crippen molar-refractivity contribution in [3.05, 3.63) is 71.2 Å². The van der Waals surface area contributed by atoms with Gasteiger partial charge in [0.1, 0.15) is 5.75 Å². The Morgan fingerprint density at radius 1 is 1.00 bits per heavy atom. The van der Waals surface area contributed by atoms with E-state index in [-0.39, 0.29) is 11.3 Å². The van der Waals surface area contributed by atoms with Crippen molar-refractivity contribution < 1.29 is 23.9 Å². The molecule has 6 nitrogen and oxygen atoms in total. The average molecular weight is 444 g/mol. The molecule has 0 fully saturated rings. The van der Waals surface area contributed by atoms with E-state index in [0.717, 1.165) is 15.7 Å². The fraction of sp³-hybridized carbons (Fsp3) is 0.136. The van der Waals surface area contributed by atoms with Gasteiger partial charge in [0.15, 0.2) is 6.61 Å². The van der Waals surface area contributed by atoms with Crippen molar-refractivity contribution in [1.82, 2.24) is 5.32 Å². The minimum atomic E-state index is -0.725. The first kappa shape index (κ1) is 21.7. The second-order valence-corrected chi connectivity index (χ2v) is 7.55. The lowest BCUT2D eigenvalue weighted by molar-refractivity contribution is -0.145. The Morgan fingerprint density at radius 2 is 1.73 bits per heavy atom. The molecule has 0 aromatic heterocycles. The number of nitrogens with one attached hydrogen (secondary N) is 1. The van der Waals surface area contributed by atoms with Crippen LogP contribution in [0.2, 0.25) is 5.02 Å². The Kier molecular flexibility index (Phi) is 7.32. The highest BCUT2D eigenvalue weighted by atomic mass is 35.5. The molecule has 0 unspecified atom stereocenters. The number of ether oxygens (including phenoxy) is 2. The molecule has 0 saturated heterocycles. The minimum absolute atomic E-state index is 0.00191. The molecule has 3 rings (SSSR count). The zero-order valence-electron chi connectivity index (χ0n) is 16.0. The fourth-order valence-corrected chi connectivity index (χ4v) is 4.01. The van der Waals surface area contributed by atoms with Gasteiger partial charge in [-0.3, -0.25) is 19.7 Å². The highest BCUT2D eigenvalue weighted by Gasteiger charge is 2.16. The van der Waals surface area contributed by atoms with E-state index in [4.69, 9.17) is 21.1 Å². The van der Waals surface area contributed by atoms with Crippen molar-refractivity contribution in [3.8, 4) is 5.75 Å². The number of amides is 2. The Balaban J connectivity index is 1.52. The SMILES string of the molecule is COc1ccccc1C(=O)NC(=O)COC(=O)CSc1cccc2cccc(Cl)c12. The first-order valence-corrected chi connectivity index (χ1v) is 10.3. The molecule has 2 amide bonds. The molecule has 0 aliphatic heterocycles. The topological polar surface area (TPSA) is 81.7 Å². The molecule has 30 heavy (non-hydrogen) atoms. The number of benzene rings is 3. The average Bonchev–Trinajstić information content (AvgIpc) is 2.76. The number of para-hydroxylation sites is 1. The number of methoxy groups -OCH3 is 1. The monoisotopic (exact) mass is 443 g/mol. The first-order valence-electron chi connectivity index (χ1n) is 8.92. The lowest BCUT2D eigenvalue weighted by atomic mass is 10.1. The molecular formula is C22H18ClNO5S. The van der Waals surface area contributed by atoms with Gasteiger partial charge in [-0.15, -0.1) is 11.8 Å². The predicted octanol–water partition coefficient (Wildman–Crippen LogP) is 4.09. The van der Waals surface area contributed by atoms with Gasteiger partial charge in [0, 0.05) is 15.3 Å². The number of imide groups is 1. The molecule has 8 heteroatoms. The van der Waals surface area contributed by atoms with Gasteiger partial charge in [-0.25, -0.2) is 0 Å². The summed E-state index contributed by atoms with van der Waals surface area (Å²) in [6, 6.07) is 17.8. The van der Waals surface area contributed by atoms with Crippen LogP contribution in [0, 0.1) is 0 Å². The van der Waals surface area contributed by atoms with Crippen molar-refractivity contribution in [2.24, 2.45) is 0 Å². The van der Waals surface area contributed by atoms with E-state index in [1.165, 1.54) is 24.9 Å². The summed E-state index contributed by atoms with van der Waals surface area (Å²) < 4.78 is 10.1. The van der Waals surface area contributed by atoms with E-state index in [0.29, 0.717) is 10.8 Å². The molecule has 0 spiro atoms. The quantitative estimate of drug-likeness (QED) is 0.437. The number of esters is 1. The van der Waals surface area contributed by atoms with Crippen molar-refractivity contribution in [2.75, 3.05) is 19.5 Å². The summed E-state index contributed by atoms with van der Waals surface area (Å²) in [6.45, 7) is -0.559. The number of hydrogen-bond donors (Lipinski definition) is 1. The minimum Gasteiger partial charge on any atom is -0.496 e. The van der Waals surface area contributed by atoms with Crippen molar-refractivity contribution in [3.63, 3.8) is 0 Å². The number of hydrogen-bond acceptors (Lipinski definition) is 6. The zero-order chi connectivity index (χ0) is 21.5. The van der Waals surface area contributed by atoms with E-state index in [2.05, 4.69) is 5.32 Å². The summed E-state index contributed by atoms with van der Waals surface area (Å²) >= 11 is 7.54. The third-order valence-corrected chi connectivity index (χ3v) is 5.48. The van der Waals surface area contributed by atoms with Crippen LogP contribution < -0.4 is 10.1 Å². The smallest absolute Gasteiger partial charge is 0.316 e. The maximum Gasteiger partial charge on any atom is 0.316 e. The Morgan fingerprint density at radius 3 is 2.50 bits per heavy atom. The fourth-order valence-electron chi connectivity index (χ4n) is 2.77. The van der Waals surface area contributed by atoms with Crippen LogP contribution in [0.15, 0.2) is 65.6 Å². The van der Waals surface area contributed by atoms with Gasteiger partial charge in [-0.05, 0) is 29.7 Å². The molecule has 3 aromatic rings. The normalized spacial score (nSPS) is 10.5. The van der Waals surface area contributed by atoms with E-state index >= 15 is 0 Å². The molecule has 3 aromatic carbocycles. The molecule has 0 aliphatic rings. The van der Waals surface area contributed by atoms with Gasteiger partial charge < -0.3 is 9.47 Å². The molecule has 0 aliphatic carbocycles. The third kappa shape index (κ3) is 5.31. The van der Waals surface area contributed by atoms with Gasteiger partial charge >= 0.3 is 5.97 Å². The number of halogens is 1. The number of fused-ring (bicyclic) bond motifs is 1. The predicted molar refractivity (Wildman–Crippen MR) is 116 cm³/mol. The summed E-state index contributed by atoms with van der Waals surface area (Å²) in [5.41, 5.74) is 0.211. The van der Waals surface area contributed by atoms with E-state index in [9.17, 15) is 14.4 Å². The molecule has 0 bridgehead atoms. The lowest BCUT2D eigenvalue weighted by Crippen LogP contribution is -2.34. The largest absolute Gasteiger partial charge is 0.496 e. The number of carbonyl (C=O) groups excluding carboxylic acids is 3. The van der Waals surface area contributed by atoms with Crippen LogP contribution in [0.3, 0.4) is 0 Å². The van der Waals surface area contributed by atoms with E-state index < -0.39 is 24.4 Å². The Hall–Kier alpha value is -3.03. The van der Waals surface area contributed by atoms with Crippen molar-refractivity contribution in [1.29, 1.82) is 0 Å². The molecule has 0 saturated carbocycles. The third-order valence-electron chi connectivity index (χ3n) is 4.13. The van der Waals surface area contributed by atoms with Gasteiger partial charge in [0.05, 0.1) is 18.4 Å². The van der Waals surface area contributed by atoms with Gasteiger partial charge in [-0.2, -0.15) is 0 Å². The zero-order valence-corrected chi connectivity index (χ0v) is 17.6. The van der Waals surface area contributed by atoms with Gasteiger partial charge in [-0.1, -0.05) is 48.0 Å². The lowest BCUT2D eigenvalue weighted by Gasteiger charge is -2.09. The van der Waals surface area contributed by atoms with Crippen LogP contribution in [-0.2, 0) is 14.3 Å². The molecule has 0 heterocycles. The number of carbonyl (C=O) groups is 3. The van der Waals surface area contributed by atoms with Crippen LogP contribution in [0.5, 0.6) is 5.75 Å². The van der Waals surface area contributed by atoms with Crippen LogP contribution in [0.25, 0.3) is 10.8 Å². The van der Waals surface area contributed by atoms with Crippen LogP contribution >= 0.6 is 23.4 Å². The highest BCUT2D eigenvalue weighted by molar-refractivity contribution is 8.00. The summed E-state index contributed by atoms with van der Waals surface area (Å²) in [7, 11) is 1.43. The maximum absolute atomic E-state index is 12.2. The van der Waals surface area contributed by atoms with Crippen LogP contribution in [0.4, 0.5) is 0 Å². The maximum atomic E-state index is 12.2. The summed E-state index contributed by atoms with van der Waals surface area (Å²) in [5.74, 6) is -1.60. The molecule has 0 radical (unpaired) electrons. The van der Waals surface area contributed by atoms with Gasteiger partial charge in [0.2, 0.25) is 0 Å². The second kappa shape index (κ2) is 10.1. The highest BCUT2D eigenvalue weighted by Crippen LogP contribution is 2.33. The van der Waals surface area contributed by atoms with E-state index in [1.807, 2.05) is 30.3 Å². The van der Waals surface area contributed by atoms with Crippen LogP contribution in [0.1, 0.15) is 10.4 Å².